The minimum absolute atomic E-state index is 0.293. The highest BCUT2D eigenvalue weighted by atomic mass is 16.5. The van der Waals surface area contributed by atoms with Crippen LogP contribution in [0.4, 0.5) is 0 Å². The fourth-order valence-corrected chi connectivity index (χ4v) is 2.95. The van der Waals surface area contributed by atoms with Crippen molar-refractivity contribution in [2.24, 2.45) is 5.92 Å². The molecule has 0 radical (unpaired) electrons. The number of hydrogen-bond donors (Lipinski definition) is 1. The Kier molecular flexibility index (Phi) is 4.04. The summed E-state index contributed by atoms with van der Waals surface area (Å²) in [5, 5.41) is 3.20. The van der Waals surface area contributed by atoms with E-state index in [1.165, 1.54) is 32.1 Å². The lowest BCUT2D eigenvalue weighted by Gasteiger charge is -2.47. The SMILES string of the molecule is CNCCC=C(C)C1CCOC2(CCC2)C1. The molecule has 0 aromatic carbocycles. The van der Waals surface area contributed by atoms with Crippen LogP contribution in [0.3, 0.4) is 0 Å². The van der Waals surface area contributed by atoms with Crippen molar-refractivity contribution < 1.29 is 4.74 Å². The monoisotopic (exact) mass is 223 g/mol. The van der Waals surface area contributed by atoms with Gasteiger partial charge in [0, 0.05) is 6.61 Å². The summed E-state index contributed by atoms with van der Waals surface area (Å²) in [5.74, 6) is 0.783. The van der Waals surface area contributed by atoms with Crippen LogP contribution in [-0.4, -0.2) is 25.8 Å². The molecule has 1 saturated carbocycles. The molecule has 1 heterocycles. The molecule has 1 aliphatic carbocycles. The highest BCUT2D eigenvalue weighted by molar-refractivity contribution is 5.08. The third-order valence-corrected chi connectivity index (χ3v) is 4.26. The van der Waals surface area contributed by atoms with E-state index in [1.807, 2.05) is 7.05 Å². The summed E-state index contributed by atoms with van der Waals surface area (Å²) in [6, 6.07) is 0. The lowest BCUT2D eigenvalue weighted by molar-refractivity contribution is -0.138. The molecule has 0 amide bonds. The van der Waals surface area contributed by atoms with Gasteiger partial charge in [0.25, 0.3) is 0 Å². The van der Waals surface area contributed by atoms with E-state index >= 15 is 0 Å². The molecule has 1 N–H and O–H groups in total. The van der Waals surface area contributed by atoms with Gasteiger partial charge in [-0.05, 0) is 65.0 Å². The third kappa shape index (κ3) is 2.67. The summed E-state index contributed by atoms with van der Waals surface area (Å²) in [4.78, 5) is 0. The van der Waals surface area contributed by atoms with Crippen molar-refractivity contribution in [3.8, 4) is 0 Å². The van der Waals surface area contributed by atoms with Gasteiger partial charge in [-0.3, -0.25) is 0 Å². The molecule has 2 rings (SSSR count). The molecule has 1 unspecified atom stereocenters. The van der Waals surface area contributed by atoms with Gasteiger partial charge in [0.15, 0.2) is 0 Å². The fraction of sp³-hybridized carbons (Fsp3) is 0.857. The number of ether oxygens (including phenoxy) is 1. The third-order valence-electron chi connectivity index (χ3n) is 4.26. The van der Waals surface area contributed by atoms with E-state index in [0.717, 1.165) is 25.5 Å². The maximum atomic E-state index is 5.97. The zero-order valence-corrected chi connectivity index (χ0v) is 10.7. The van der Waals surface area contributed by atoms with Crippen LogP contribution in [-0.2, 0) is 4.74 Å². The van der Waals surface area contributed by atoms with Gasteiger partial charge in [-0.2, -0.15) is 0 Å². The van der Waals surface area contributed by atoms with Gasteiger partial charge in [0.2, 0.25) is 0 Å². The van der Waals surface area contributed by atoms with Crippen molar-refractivity contribution in [3.05, 3.63) is 11.6 Å². The number of rotatable bonds is 4. The fourth-order valence-electron chi connectivity index (χ4n) is 2.95. The maximum Gasteiger partial charge on any atom is 0.0688 e. The Morgan fingerprint density at radius 2 is 2.31 bits per heavy atom. The molecule has 2 aliphatic rings. The topological polar surface area (TPSA) is 21.3 Å². The van der Waals surface area contributed by atoms with Crippen molar-refractivity contribution in [2.75, 3.05) is 20.2 Å². The van der Waals surface area contributed by atoms with E-state index in [-0.39, 0.29) is 0 Å². The quantitative estimate of drug-likeness (QED) is 0.584. The second kappa shape index (κ2) is 5.33. The first-order valence-corrected chi connectivity index (χ1v) is 6.71. The normalized spacial score (nSPS) is 29.1. The van der Waals surface area contributed by atoms with Gasteiger partial charge in [0.05, 0.1) is 5.60 Å². The van der Waals surface area contributed by atoms with Crippen LogP contribution >= 0.6 is 0 Å². The standard InChI is InChI=1S/C14H25NO/c1-12(5-3-9-15-2)13-6-10-16-14(11-13)7-4-8-14/h5,13,15H,3-4,6-11H2,1-2H3. The Balaban J connectivity index is 1.86. The molecule has 1 aliphatic heterocycles. The Bertz CT molecular complexity index is 255. The van der Waals surface area contributed by atoms with Crippen LogP contribution in [0.2, 0.25) is 0 Å². The van der Waals surface area contributed by atoms with E-state index in [0.29, 0.717) is 5.60 Å². The molecule has 0 aromatic heterocycles. The molecule has 2 heteroatoms. The molecule has 92 valence electrons. The summed E-state index contributed by atoms with van der Waals surface area (Å²) in [5.41, 5.74) is 1.88. The highest BCUT2D eigenvalue weighted by Gasteiger charge is 2.42. The lowest BCUT2D eigenvalue weighted by atomic mass is 9.70. The average molecular weight is 223 g/mol. The highest BCUT2D eigenvalue weighted by Crippen LogP contribution is 2.45. The Hall–Kier alpha value is -0.340. The first-order valence-electron chi connectivity index (χ1n) is 6.71. The molecular formula is C14H25NO. The molecule has 16 heavy (non-hydrogen) atoms. The Labute approximate surface area is 99.4 Å². The van der Waals surface area contributed by atoms with Crippen LogP contribution in [0, 0.1) is 5.92 Å². The van der Waals surface area contributed by atoms with Crippen molar-refractivity contribution in [3.63, 3.8) is 0 Å². The maximum absolute atomic E-state index is 5.97. The van der Waals surface area contributed by atoms with Gasteiger partial charge < -0.3 is 10.1 Å². The second-order valence-electron chi connectivity index (χ2n) is 5.42. The molecule has 1 spiro atoms. The van der Waals surface area contributed by atoms with Crippen molar-refractivity contribution >= 4 is 0 Å². The van der Waals surface area contributed by atoms with E-state index in [2.05, 4.69) is 18.3 Å². The largest absolute Gasteiger partial charge is 0.375 e. The smallest absolute Gasteiger partial charge is 0.0688 e. The first kappa shape index (κ1) is 12.1. The summed E-state index contributed by atoms with van der Waals surface area (Å²) in [6.45, 7) is 4.37. The van der Waals surface area contributed by atoms with Crippen molar-refractivity contribution in [1.82, 2.24) is 5.32 Å². The van der Waals surface area contributed by atoms with E-state index in [4.69, 9.17) is 4.74 Å². The molecule has 0 aromatic rings. The molecule has 2 fully saturated rings. The van der Waals surface area contributed by atoms with E-state index in [9.17, 15) is 0 Å². The van der Waals surface area contributed by atoms with Gasteiger partial charge in [-0.25, -0.2) is 0 Å². The first-order chi connectivity index (χ1) is 7.76. The van der Waals surface area contributed by atoms with Crippen molar-refractivity contribution in [1.29, 1.82) is 0 Å². The molecule has 1 atom stereocenters. The van der Waals surface area contributed by atoms with Gasteiger partial charge in [-0.15, -0.1) is 0 Å². The minimum Gasteiger partial charge on any atom is -0.375 e. The minimum atomic E-state index is 0.293. The Morgan fingerprint density at radius 1 is 1.50 bits per heavy atom. The lowest BCUT2D eigenvalue weighted by Crippen LogP contribution is -2.45. The van der Waals surface area contributed by atoms with Gasteiger partial charge in [-0.1, -0.05) is 11.6 Å². The van der Waals surface area contributed by atoms with Crippen molar-refractivity contribution in [2.45, 2.75) is 51.0 Å². The molecule has 2 nitrogen and oxygen atoms in total. The summed E-state index contributed by atoms with van der Waals surface area (Å²) >= 11 is 0. The number of nitrogens with one attached hydrogen (secondary N) is 1. The van der Waals surface area contributed by atoms with E-state index in [1.54, 1.807) is 5.57 Å². The van der Waals surface area contributed by atoms with Crippen LogP contribution < -0.4 is 5.32 Å². The van der Waals surface area contributed by atoms with Crippen LogP contribution in [0.15, 0.2) is 11.6 Å². The zero-order valence-electron chi connectivity index (χ0n) is 10.7. The Morgan fingerprint density at radius 3 is 2.94 bits per heavy atom. The number of allylic oxidation sites excluding steroid dienone is 1. The second-order valence-corrected chi connectivity index (χ2v) is 5.42. The predicted octanol–water partition coefficient (Wildman–Crippen LogP) is 2.89. The average Bonchev–Trinajstić information content (AvgIpc) is 2.27. The zero-order chi connectivity index (χ0) is 11.4. The molecule has 0 bridgehead atoms. The van der Waals surface area contributed by atoms with Crippen LogP contribution in [0.5, 0.6) is 0 Å². The van der Waals surface area contributed by atoms with E-state index < -0.39 is 0 Å². The van der Waals surface area contributed by atoms with Gasteiger partial charge >= 0.3 is 0 Å². The summed E-state index contributed by atoms with van der Waals surface area (Å²) in [6.07, 6.45) is 10.0. The van der Waals surface area contributed by atoms with Gasteiger partial charge in [0.1, 0.15) is 0 Å². The summed E-state index contributed by atoms with van der Waals surface area (Å²) in [7, 11) is 2.01. The number of hydrogen-bond acceptors (Lipinski definition) is 2. The molecule has 1 saturated heterocycles. The van der Waals surface area contributed by atoms with Crippen LogP contribution in [0.25, 0.3) is 0 Å². The van der Waals surface area contributed by atoms with Crippen LogP contribution in [0.1, 0.15) is 45.4 Å². The molecular weight excluding hydrogens is 198 g/mol. The summed E-state index contributed by atoms with van der Waals surface area (Å²) < 4.78 is 5.97. The predicted molar refractivity (Wildman–Crippen MR) is 67.6 cm³/mol.